The van der Waals surface area contributed by atoms with E-state index >= 15 is 0 Å². The monoisotopic (exact) mass is 3280 g/mol. The second kappa shape index (κ2) is 161. The maximum atomic E-state index is 8.74. The normalized spacial score (nSPS) is 9.86. The van der Waals surface area contributed by atoms with Gasteiger partial charge in [0.15, 0.2) is 0 Å². The van der Waals surface area contributed by atoms with Crippen molar-refractivity contribution < 1.29 is 438 Å². The molecule has 0 aromatic rings. The molecule has 800 valence electrons. The van der Waals surface area contributed by atoms with Gasteiger partial charge >= 0.3 is 861 Å². The third kappa shape index (κ3) is 8080. The summed E-state index contributed by atoms with van der Waals surface area (Å²) in [7, 11) is -128. The van der Waals surface area contributed by atoms with E-state index in [1.165, 1.54) is 0 Å². The largest absolute Gasteiger partial charge is 2.00 e. The Balaban J connectivity index is -0.0000000156. The van der Waals surface area contributed by atoms with Crippen molar-refractivity contribution in [2.24, 2.45) is 0 Å². The van der Waals surface area contributed by atoms with Gasteiger partial charge in [0.2, 0.25) is 0 Å². The van der Waals surface area contributed by atoms with Crippen LogP contribution in [0.3, 0.4) is 0 Å². The summed E-state index contributed by atoms with van der Waals surface area (Å²) in [4.78, 5) is 0. The third-order valence-corrected chi connectivity index (χ3v) is 0. The molecule has 6 N–H and O–H groups in total. The van der Waals surface area contributed by atoms with Crippen molar-refractivity contribution >= 4 is 1090 Å². The van der Waals surface area contributed by atoms with Crippen LogP contribution in [0.15, 0.2) is 0 Å². The standard InChI is InChI=1S/22Ca.25H2O4S/c;;;;;;;;;;;;;;;;;;;;;;25*1-5(2,3)4/h;;;;;;;;;;;;;;;;;;;;;;25*(H2,1,2,3,4)/q22*+2;;;;;;;;;;;;;;;;;;;;;;;;;/p-44. The van der Waals surface area contributed by atoms with Crippen molar-refractivity contribution in [1.29, 1.82) is 0 Å². The zero-order chi connectivity index (χ0) is 112. The molecule has 0 aliphatic heterocycles. The summed E-state index contributed by atoms with van der Waals surface area (Å²) in [5.41, 5.74) is 0. The van der Waals surface area contributed by atoms with Crippen LogP contribution >= 0.6 is 0 Å². The Morgan fingerprint density at radius 1 is 0.0680 bits per heavy atom. The first-order valence-corrected chi connectivity index (χ1v) is 50.3. The van der Waals surface area contributed by atoms with E-state index in [1.54, 1.807) is 0 Å². The summed E-state index contributed by atoms with van der Waals surface area (Å²) < 4.78 is 845. The molecule has 0 atom stereocenters. The van der Waals surface area contributed by atoms with Gasteiger partial charge in [0.1, 0.15) is 0 Å². The van der Waals surface area contributed by atoms with Crippen molar-refractivity contribution in [3.63, 3.8) is 0 Å². The Morgan fingerprint density at radius 2 is 0.0680 bits per heavy atom. The summed E-state index contributed by atoms with van der Waals surface area (Å²) in [6, 6.07) is 0. The Morgan fingerprint density at radius 3 is 0.0680 bits per heavy atom. The molecule has 0 spiro atoms. The first kappa shape index (κ1) is 322. The minimum absolute atomic E-state index is 0. The van der Waals surface area contributed by atoms with Crippen molar-refractivity contribution in [3.8, 4) is 0 Å². The summed E-state index contributed by atoms with van der Waals surface area (Å²) in [6.45, 7) is 0. The van der Waals surface area contributed by atoms with Gasteiger partial charge in [-0.3, -0.25) is 213 Å². The van der Waals surface area contributed by atoms with Crippen LogP contribution in [0.1, 0.15) is 0 Å². The molecule has 0 aliphatic carbocycles. The van der Waals surface area contributed by atoms with Gasteiger partial charge in [0.25, 0.3) is 0 Å². The molecule has 0 radical (unpaired) electrons. The maximum Gasteiger partial charge on any atom is 2.00 e. The first-order chi connectivity index (χ1) is 50.0. The van der Waals surface area contributed by atoms with Crippen molar-refractivity contribution in [2.75, 3.05) is 0 Å². The maximum absolute atomic E-state index is 8.74. The Hall–Kier alpha value is 24.5. The van der Waals surface area contributed by atoms with E-state index in [4.69, 9.17) is 438 Å². The predicted molar refractivity (Wildman–Crippen MR) is 400 cm³/mol. The Labute approximate surface area is 1490 Å². The van der Waals surface area contributed by atoms with Crippen LogP contribution in [0, 0.1) is 0 Å². The molecule has 0 saturated carbocycles. The molecule has 100 nitrogen and oxygen atoms in total. The molecule has 0 fully saturated rings. The van der Waals surface area contributed by atoms with E-state index in [0.717, 1.165) is 0 Å². The van der Waals surface area contributed by atoms with E-state index in [2.05, 4.69) is 0 Å². The van der Waals surface area contributed by atoms with Gasteiger partial charge in [0.05, 0.1) is 0 Å². The van der Waals surface area contributed by atoms with Crippen LogP contribution in [-0.4, -0.2) is 1270 Å². The summed E-state index contributed by atoms with van der Waals surface area (Å²) >= 11 is 0. The second-order valence-electron chi connectivity index (χ2n) is 10.3. The zero-order valence-electron chi connectivity index (χ0n) is 66.8. The third-order valence-electron chi connectivity index (χ3n) is 0. The van der Waals surface area contributed by atoms with Crippen molar-refractivity contribution in [3.05, 3.63) is 0 Å². The molecule has 0 saturated heterocycles. The van der Waals surface area contributed by atoms with Crippen LogP contribution in [0.2, 0.25) is 0 Å². The molecule has 147 heteroatoms. The van der Waals surface area contributed by atoms with Gasteiger partial charge in [-0.25, -0.2) is 0 Å². The van der Waals surface area contributed by atoms with Crippen molar-refractivity contribution in [1.82, 2.24) is 0 Å². The van der Waals surface area contributed by atoms with E-state index < -0.39 is 260 Å². The van der Waals surface area contributed by atoms with Crippen LogP contribution in [0.4, 0.5) is 0 Å². The average molecular weight is 3290 g/mol. The second-order valence-corrected chi connectivity index (χ2v) is 31.0. The molecule has 0 bridgehead atoms. The molecular weight excluding hydrogens is 3280 g/mol. The fourth-order valence-corrected chi connectivity index (χ4v) is 0. The number of hydrogen-bond donors (Lipinski definition) is 6. The summed E-state index contributed by atoms with van der Waals surface area (Å²) in [5, 5.41) is 0. The van der Waals surface area contributed by atoms with Crippen LogP contribution < -0.4 is 0 Å². The predicted octanol–water partition coefficient (Wildman–Crippen LogP) is -39.8. The molecular formula is H6Ca22O100S25. The molecule has 0 aromatic heterocycles. The molecule has 0 amide bonds. The van der Waals surface area contributed by atoms with E-state index in [-0.39, 0.29) is 830 Å². The summed E-state index contributed by atoms with van der Waals surface area (Å²) in [5.74, 6) is 0. The average Bonchev–Trinajstić information content (AvgIpc) is 3.03. The first-order valence-electron chi connectivity index (χ1n) is 16.8. The summed E-state index contributed by atoms with van der Waals surface area (Å²) in [6.07, 6.45) is 0. The molecule has 0 aliphatic rings. The number of rotatable bonds is 0. The molecule has 0 aromatic carbocycles. The zero-order valence-corrected chi connectivity index (χ0v) is 136. The fraction of sp³-hybridized carbons (Fsp3) is 0. The van der Waals surface area contributed by atoms with Gasteiger partial charge in [-0.1, -0.05) is 0 Å². The van der Waals surface area contributed by atoms with Gasteiger partial charge in [0, 0.05) is 229 Å². The Kier molecular flexibility index (Phi) is 352. The minimum atomic E-state index is -5.17. The minimum Gasteiger partial charge on any atom is -0.759 e. The van der Waals surface area contributed by atoms with Crippen LogP contribution in [0.5, 0.6) is 0 Å². The smallest absolute Gasteiger partial charge is 0.759 e. The Bertz CT molecular complexity index is 4000. The van der Waals surface area contributed by atoms with Gasteiger partial charge in [-0.05, 0) is 0 Å². The van der Waals surface area contributed by atoms with Gasteiger partial charge in [-0.2, -0.15) is 25.3 Å². The SMILES string of the molecule is O=S(=O)(O)O.O=S(=O)(O)O.O=S(=O)(O)O.O=S(=O)([O-])[O-].O=S(=O)([O-])[O-].O=S(=O)([O-])[O-].O=S(=O)([O-])[O-].O=S(=O)([O-])[O-].O=S(=O)([O-])[O-].O=S(=O)([O-])[O-].O=S(=O)([O-])[O-].O=S(=O)([O-])[O-].O=S(=O)([O-])[O-].O=S(=O)([O-])[O-].O=S(=O)([O-])[O-].O=S(=O)([O-])[O-].O=S(=O)([O-])[O-].O=S(=O)([O-])[O-].O=S(=O)([O-])[O-].O=S(=O)([O-])[O-].O=S(=O)([O-])[O-].O=S(=O)([O-])[O-].O=S(=O)([O-])[O-].O=S(=O)([O-])[O-].O=S(=O)([O-])[O-].[Ca+2].[Ca+2].[Ca+2].[Ca+2].[Ca+2].[Ca+2].[Ca+2].[Ca+2].[Ca+2].[Ca+2].[Ca+2].[Ca+2].[Ca+2].[Ca+2].[Ca+2].[Ca+2].[Ca+2].[Ca+2].[Ca+2].[Ca+2].[Ca+2].[Ca+2]. The van der Waals surface area contributed by atoms with Crippen LogP contribution in [-0.2, 0) is 260 Å². The topological polar surface area (TPSA) is 1990 Å². The van der Waals surface area contributed by atoms with E-state index in [9.17, 15) is 0 Å². The molecule has 0 heterocycles. The fourth-order valence-electron chi connectivity index (χ4n) is 0. The van der Waals surface area contributed by atoms with Gasteiger partial charge in [-0.15, -0.1) is 0 Å². The molecule has 0 rings (SSSR count). The number of hydrogen-bond acceptors (Lipinski definition) is 94. The van der Waals surface area contributed by atoms with Gasteiger partial charge < -0.3 is 200 Å². The van der Waals surface area contributed by atoms with E-state index in [0.29, 0.717) is 0 Å². The van der Waals surface area contributed by atoms with E-state index in [1.807, 2.05) is 0 Å². The van der Waals surface area contributed by atoms with Crippen molar-refractivity contribution in [2.45, 2.75) is 0 Å². The molecule has 0 unspecified atom stereocenters. The quantitative estimate of drug-likeness (QED) is 0.0745. The van der Waals surface area contributed by atoms with Crippen LogP contribution in [0.25, 0.3) is 0 Å². The molecule has 147 heavy (non-hydrogen) atoms.